The highest BCUT2D eigenvalue weighted by molar-refractivity contribution is 6.01. The van der Waals surface area contributed by atoms with Crippen molar-refractivity contribution in [3.8, 4) is 0 Å². The predicted octanol–water partition coefficient (Wildman–Crippen LogP) is 5.67. The molecule has 13 heteroatoms. The van der Waals surface area contributed by atoms with E-state index < -0.39 is 11.6 Å². The van der Waals surface area contributed by atoms with Crippen LogP contribution in [0.25, 0.3) is 5.65 Å². The SMILES string of the molecule is O=C1CCC(c2ccc(C3CCN(CCOCCCCCNC(=O)c4cnn5ccc(N6CCC[C@@H]6c6cc(F)ccc6F)nc45)CC3)cc2)C(=O)N1. The average Bonchev–Trinajstić information content (AvgIpc) is 3.83. The second kappa shape index (κ2) is 16.9. The highest BCUT2D eigenvalue weighted by Crippen LogP contribution is 2.37. The fourth-order valence-corrected chi connectivity index (χ4v) is 7.91. The lowest BCUT2D eigenvalue weighted by atomic mass is 9.86. The van der Waals surface area contributed by atoms with Gasteiger partial charge in [-0.1, -0.05) is 24.3 Å². The zero-order chi connectivity index (χ0) is 36.7. The van der Waals surface area contributed by atoms with Gasteiger partial charge in [0.1, 0.15) is 23.0 Å². The molecule has 2 atom stereocenters. The van der Waals surface area contributed by atoms with Gasteiger partial charge < -0.3 is 19.9 Å². The number of ether oxygens (including phenoxy) is 1. The Morgan fingerprint density at radius 2 is 1.74 bits per heavy atom. The van der Waals surface area contributed by atoms with Gasteiger partial charge in [-0.25, -0.2) is 18.3 Å². The molecule has 2 aromatic carbocycles. The summed E-state index contributed by atoms with van der Waals surface area (Å²) in [4.78, 5) is 45.9. The first-order valence-corrected chi connectivity index (χ1v) is 18.9. The summed E-state index contributed by atoms with van der Waals surface area (Å²) in [6.45, 7) is 5.52. The van der Waals surface area contributed by atoms with Crippen molar-refractivity contribution in [2.75, 3.05) is 50.8 Å². The van der Waals surface area contributed by atoms with Gasteiger partial charge in [-0.2, -0.15) is 5.10 Å². The van der Waals surface area contributed by atoms with Gasteiger partial charge in [-0.3, -0.25) is 19.7 Å². The number of carbonyl (C=O) groups is 3. The third-order valence-corrected chi connectivity index (χ3v) is 10.9. The Hall–Kier alpha value is -4.75. The minimum Gasteiger partial charge on any atom is -0.380 e. The maximum atomic E-state index is 14.6. The normalized spacial score (nSPS) is 19.9. The van der Waals surface area contributed by atoms with E-state index in [4.69, 9.17) is 9.72 Å². The Labute approximate surface area is 308 Å². The number of piperidine rings is 2. The number of benzene rings is 2. The van der Waals surface area contributed by atoms with Crippen molar-refractivity contribution in [2.24, 2.45) is 0 Å². The van der Waals surface area contributed by atoms with Crippen LogP contribution in [0.15, 0.2) is 60.9 Å². The lowest BCUT2D eigenvalue weighted by Gasteiger charge is -2.32. The van der Waals surface area contributed by atoms with Crippen LogP contribution in [0.4, 0.5) is 14.6 Å². The van der Waals surface area contributed by atoms with Crippen molar-refractivity contribution < 1.29 is 27.9 Å². The molecule has 5 heterocycles. The summed E-state index contributed by atoms with van der Waals surface area (Å²) in [6, 6.07) is 13.4. The van der Waals surface area contributed by atoms with Gasteiger partial charge in [-0.05, 0) is 106 Å². The maximum absolute atomic E-state index is 14.6. The Kier molecular flexibility index (Phi) is 11.7. The predicted molar refractivity (Wildman–Crippen MR) is 196 cm³/mol. The van der Waals surface area contributed by atoms with Crippen molar-refractivity contribution in [1.82, 2.24) is 30.1 Å². The van der Waals surface area contributed by atoms with E-state index in [9.17, 15) is 23.2 Å². The molecule has 2 N–H and O–H groups in total. The van der Waals surface area contributed by atoms with Crippen LogP contribution in [0.3, 0.4) is 0 Å². The number of nitrogens with one attached hydrogen (secondary N) is 2. The van der Waals surface area contributed by atoms with Crippen LogP contribution < -0.4 is 15.5 Å². The number of halogens is 2. The van der Waals surface area contributed by atoms with E-state index in [-0.39, 0.29) is 29.7 Å². The molecule has 280 valence electrons. The monoisotopic (exact) mass is 727 g/mol. The quantitative estimate of drug-likeness (QED) is 0.126. The number of hydrogen-bond donors (Lipinski definition) is 2. The van der Waals surface area contributed by atoms with Crippen molar-refractivity contribution in [1.29, 1.82) is 0 Å². The Balaban J connectivity index is 0.778. The summed E-state index contributed by atoms with van der Waals surface area (Å²) >= 11 is 0. The number of fused-ring (bicyclic) bond motifs is 1. The number of rotatable bonds is 14. The number of carbonyl (C=O) groups excluding carboxylic acids is 3. The number of likely N-dealkylation sites (tertiary alicyclic amines) is 1. The molecule has 3 aliphatic rings. The Morgan fingerprint density at radius 1 is 0.925 bits per heavy atom. The number of imide groups is 1. The largest absolute Gasteiger partial charge is 0.380 e. The molecule has 3 amide bonds. The lowest BCUT2D eigenvalue weighted by molar-refractivity contribution is -0.134. The number of aromatic nitrogens is 3. The number of hydrogen-bond acceptors (Lipinski definition) is 8. The van der Waals surface area contributed by atoms with Crippen LogP contribution in [0.2, 0.25) is 0 Å². The molecule has 0 aliphatic carbocycles. The number of nitrogens with zero attached hydrogens (tertiary/aromatic N) is 5. The van der Waals surface area contributed by atoms with Gasteiger partial charge in [0.05, 0.1) is 24.8 Å². The molecule has 7 rings (SSSR count). The van der Waals surface area contributed by atoms with Crippen molar-refractivity contribution in [3.05, 3.63) is 94.8 Å². The molecule has 11 nitrogen and oxygen atoms in total. The lowest BCUT2D eigenvalue weighted by Crippen LogP contribution is -2.39. The van der Waals surface area contributed by atoms with Crippen LogP contribution in [0.1, 0.15) is 103 Å². The van der Waals surface area contributed by atoms with Crippen LogP contribution >= 0.6 is 0 Å². The Morgan fingerprint density at radius 3 is 2.55 bits per heavy atom. The molecule has 1 unspecified atom stereocenters. The maximum Gasteiger partial charge on any atom is 0.256 e. The van der Waals surface area contributed by atoms with Crippen molar-refractivity contribution in [2.45, 2.75) is 75.7 Å². The topological polar surface area (TPSA) is 121 Å². The van der Waals surface area contributed by atoms with Crippen molar-refractivity contribution >= 4 is 29.2 Å². The molecule has 4 aromatic rings. The van der Waals surface area contributed by atoms with Gasteiger partial charge >= 0.3 is 0 Å². The first-order valence-electron chi connectivity index (χ1n) is 18.9. The summed E-state index contributed by atoms with van der Waals surface area (Å²) in [5, 5.41) is 9.73. The molecule has 3 saturated heterocycles. The van der Waals surface area contributed by atoms with Gasteiger partial charge in [-0.15, -0.1) is 0 Å². The van der Waals surface area contributed by atoms with Gasteiger partial charge in [0.2, 0.25) is 11.8 Å². The van der Waals surface area contributed by atoms with Crippen LogP contribution in [-0.4, -0.2) is 83.2 Å². The van der Waals surface area contributed by atoms with Gasteiger partial charge in [0.25, 0.3) is 5.91 Å². The molecular weight excluding hydrogens is 680 g/mol. The Bertz CT molecular complexity index is 1910. The molecule has 3 fully saturated rings. The molecule has 0 bridgehead atoms. The molecular formula is C40H47F2N7O4. The second-order valence-electron chi connectivity index (χ2n) is 14.3. The molecule has 0 spiro atoms. The average molecular weight is 728 g/mol. The number of anilines is 1. The van der Waals surface area contributed by atoms with Crippen molar-refractivity contribution in [3.63, 3.8) is 0 Å². The summed E-state index contributed by atoms with van der Waals surface area (Å²) < 4.78 is 36.0. The summed E-state index contributed by atoms with van der Waals surface area (Å²) in [5.74, 6) is -0.683. The third-order valence-electron chi connectivity index (χ3n) is 10.9. The fourth-order valence-electron chi connectivity index (χ4n) is 7.91. The number of amides is 3. The standard InChI is InChI=1S/C40H47F2N7O4/c41-30-10-12-34(42)32(25-30)35-5-4-18-48(35)36-16-21-49-38(45-36)33(26-44-49)39(51)43-17-2-1-3-23-53-24-22-47-19-14-28(15-20-47)27-6-8-29(9-7-27)31-11-13-37(50)46-40(31)52/h6-10,12,16,21,25-26,28,31,35H,1-5,11,13-15,17-20,22-24H2,(H,43,51)(H,46,50,52)/t31?,35-/m1/s1. The van der Waals surface area contributed by atoms with E-state index in [1.807, 2.05) is 17.0 Å². The highest BCUT2D eigenvalue weighted by atomic mass is 19.1. The van der Waals surface area contributed by atoms with Gasteiger partial charge in [0, 0.05) is 44.4 Å². The fraction of sp³-hybridized carbons (Fsp3) is 0.475. The summed E-state index contributed by atoms with van der Waals surface area (Å²) in [6.07, 6.45) is 10.6. The minimum atomic E-state index is -0.474. The van der Waals surface area contributed by atoms with E-state index >= 15 is 0 Å². The number of unbranched alkanes of at least 4 members (excludes halogenated alkanes) is 2. The van der Waals surface area contributed by atoms with E-state index in [0.717, 1.165) is 75.9 Å². The zero-order valence-electron chi connectivity index (χ0n) is 29.9. The van der Waals surface area contributed by atoms with E-state index in [2.05, 4.69) is 32.8 Å². The van der Waals surface area contributed by atoms with Crippen LogP contribution in [-0.2, 0) is 14.3 Å². The minimum absolute atomic E-state index is 0.187. The zero-order valence-corrected chi connectivity index (χ0v) is 29.9. The second-order valence-corrected chi connectivity index (χ2v) is 14.3. The molecule has 3 aliphatic heterocycles. The van der Waals surface area contributed by atoms with E-state index in [1.54, 1.807) is 16.8 Å². The van der Waals surface area contributed by atoms with Crippen LogP contribution in [0, 0.1) is 11.6 Å². The van der Waals surface area contributed by atoms with E-state index in [1.165, 1.54) is 17.8 Å². The van der Waals surface area contributed by atoms with E-state index in [0.29, 0.717) is 74.1 Å². The summed E-state index contributed by atoms with van der Waals surface area (Å²) in [7, 11) is 0. The smallest absolute Gasteiger partial charge is 0.256 e. The molecule has 2 aromatic heterocycles. The first-order chi connectivity index (χ1) is 25.8. The molecule has 0 saturated carbocycles. The van der Waals surface area contributed by atoms with Gasteiger partial charge in [0.15, 0.2) is 5.65 Å². The van der Waals surface area contributed by atoms with Crippen LogP contribution in [0.5, 0.6) is 0 Å². The highest BCUT2D eigenvalue weighted by Gasteiger charge is 2.31. The molecule has 53 heavy (non-hydrogen) atoms. The molecule has 0 radical (unpaired) electrons. The summed E-state index contributed by atoms with van der Waals surface area (Å²) in [5.41, 5.74) is 3.39. The third kappa shape index (κ3) is 8.73. The first kappa shape index (κ1) is 36.6.